The highest BCUT2D eigenvalue weighted by atomic mass is 16.3. The zero-order valence-electron chi connectivity index (χ0n) is 22.7. The lowest BCUT2D eigenvalue weighted by Gasteiger charge is -2.38. The van der Waals surface area contributed by atoms with Crippen molar-refractivity contribution in [2.75, 3.05) is 63.8 Å². The van der Waals surface area contributed by atoms with Gasteiger partial charge >= 0.3 is 6.03 Å². The fourth-order valence-electron chi connectivity index (χ4n) is 6.34. The Morgan fingerprint density at radius 2 is 1.69 bits per heavy atom. The molecule has 5 heterocycles. The molecule has 3 saturated heterocycles. The Bertz CT molecular complexity index is 1160. The third kappa shape index (κ3) is 5.89. The van der Waals surface area contributed by atoms with E-state index in [1.54, 1.807) is 4.90 Å². The number of likely N-dealkylation sites (tertiary alicyclic amines) is 1. The first-order chi connectivity index (χ1) is 19.0. The van der Waals surface area contributed by atoms with Gasteiger partial charge in [0.25, 0.3) is 0 Å². The van der Waals surface area contributed by atoms with Crippen LogP contribution in [0.1, 0.15) is 36.1 Å². The highest BCUT2D eigenvalue weighted by molar-refractivity contribution is 5.80. The molecule has 39 heavy (non-hydrogen) atoms. The van der Waals surface area contributed by atoms with Gasteiger partial charge in [-0.1, -0.05) is 24.3 Å². The van der Waals surface area contributed by atoms with Crippen LogP contribution in [0.3, 0.4) is 0 Å². The topological polar surface area (TPSA) is 83.5 Å². The number of β-amino-alcohol motifs (C(OH)–C–C–N with tert-alkyl or cyclic N) is 1. The van der Waals surface area contributed by atoms with E-state index in [1.807, 2.05) is 22.1 Å². The number of aromatic nitrogens is 1. The second kappa shape index (κ2) is 11.5. The molecule has 1 atom stereocenters. The number of pyridine rings is 1. The number of piperidine rings is 1. The number of nitrogens with zero attached hydrogens (tertiary/aromatic N) is 6. The molecule has 0 aliphatic carbocycles. The fraction of sp³-hybridized carbons (Fsp3) is 0.567. The van der Waals surface area contributed by atoms with E-state index in [1.165, 1.54) is 11.1 Å². The number of carbonyl (C=O) groups is 2. The molecule has 4 aliphatic rings. The van der Waals surface area contributed by atoms with Crippen molar-refractivity contribution < 1.29 is 14.7 Å². The largest absolute Gasteiger partial charge is 0.390 e. The Kier molecular flexibility index (Phi) is 7.70. The molecule has 3 fully saturated rings. The van der Waals surface area contributed by atoms with Crippen LogP contribution in [-0.4, -0.2) is 107 Å². The summed E-state index contributed by atoms with van der Waals surface area (Å²) in [5.41, 5.74) is 4.67. The molecule has 1 N–H and O–H groups in total. The second-order valence-corrected chi connectivity index (χ2v) is 11.5. The Labute approximate surface area is 231 Å². The van der Waals surface area contributed by atoms with Crippen LogP contribution in [0, 0.1) is 5.92 Å². The van der Waals surface area contributed by atoms with Crippen molar-refractivity contribution in [2.45, 2.75) is 44.9 Å². The van der Waals surface area contributed by atoms with Crippen LogP contribution in [0.25, 0.3) is 0 Å². The zero-order chi connectivity index (χ0) is 26.8. The van der Waals surface area contributed by atoms with Crippen LogP contribution in [0.15, 0.2) is 42.6 Å². The number of hydrogen-bond donors (Lipinski definition) is 1. The number of benzene rings is 1. The molecule has 3 amide bonds. The number of hydrogen-bond acceptors (Lipinski definition) is 6. The van der Waals surface area contributed by atoms with E-state index in [4.69, 9.17) is 0 Å². The van der Waals surface area contributed by atoms with Gasteiger partial charge in [-0.05, 0) is 48.9 Å². The minimum atomic E-state index is -0.568. The maximum absolute atomic E-state index is 13.0. The van der Waals surface area contributed by atoms with Gasteiger partial charge in [0, 0.05) is 71.4 Å². The molecule has 1 aromatic heterocycles. The molecule has 0 bridgehead atoms. The molecular weight excluding hydrogens is 492 g/mol. The summed E-state index contributed by atoms with van der Waals surface area (Å²) in [5, 5.41) is 10.8. The van der Waals surface area contributed by atoms with Gasteiger partial charge < -0.3 is 24.7 Å². The Hall–Kier alpha value is -3.17. The summed E-state index contributed by atoms with van der Waals surface area (Å²) in [7, 11) is 0. The lowest BCUT2D eigenvalue weighted by atomic mass is 9.94. The maximum atomic E-state index is 13.0. The van der Waals surface area contributed by atoms with Crippen molar-refractivity contribution in [3.63, 3.8) is 0 Å². The third-order valence-corrected chi connectivity index (χ3v) is 8.83. The summed E-state index contributed by atoms with van der Waals surface area (Å²) < 4.78 is 0. The number of amides is 3. The van der Waals surface area contributed by atoms with E-state index in [9.17, 15) is 14.7 Å². The normalized spacial score (nSPS) is 21.2. The van der Waals surface area contributed by atoms with E-state index in [0.29, 0.717) is 38.6 Å². The SMILES string of the molecule is O=C(C1CCN(c2ccc(CN3CCN(CC(O)CN4CCc5ccccc5C4)C3=O)nc2)CC1)N1CCC1. The lowest BCUT2D eigenvalue weighted by molar-refractivity contribution is -0.139. The fourth-order valence-corrected chi connectivity index (χ4v) is 6.34. The molecular formula is C30H40N6O3. The molecule has 9 heteroatoms. The van der Waals surface area contributed by atoms with Crippen molar-refractivity contribution in [2.24, 2.45) is 5.92 Å². The highest BCUT2D eigenvalue weighted by Crippen LogP contribution is 2.26. The molecule has 0 spiro atoms. The quantitative estimate of drug-likeness (QED) is 0.561. The average molecular weight is 533 g/mol. The van der Waals surface area contributed by atoms with E-state index in [0.717, 1.165) is 76.3 Å². The summed E-state index contributed by atoms with van der Waals surface area (Å²) in [4.78, 5) is 40.4. The number of anilines is 1. The molecule has 1 unspecified atom stereocenters. The molecule has 0 saturated carbocycles. The first-order valence-corrected chi connectivity index (χ1v) is 14.5. The molecule has 9 nitrogen and oxygen atoms in total. The molecule has 0 radical (unpaired) electrons. The van der Waals surface area contributed by atoms with Gasteiger partial charge in [-0.2, -0.15) is 0 Å². The van der Waals surface area contributed by atoms with Gasteiger partial charge in [-0.3, -0.25) is 14.7 Å². The van der Waals surface area contributed by atoms with E-state index < -0.39 is 6.10 Å². The Balaban J connectivity index is 0.950. The van der Waals surface area contributed by atoms with Crippen LogP contribution < -0.4 is 4.90 Å². The van der Waals surface area contributed by atoms with Crippen LogP contribution in [0.2, 0.25) is 0 Å². The van der Waals surface area contributed by atoms with Crippen LogP contribution in [0.5, 0.6) is 0 Å². The molecule has 4 aliphatic heterocycles. The van der Waals surface area contributed by atoms with Gasteiger partial charge in [0.2, 0.25) is 5.91 Å². The smallest absolute Gasteiger partial charge is 0.320 e. The molecule has 208 valence electrons. The van der Waals surface area contributed by atoms with Crippen LogP contribution >= 0.6 is 0 Å². The number of carbonyl (C=O) groups excluding carboxylic acids is 2. The minimum Gasteiger partial charge on any atom is -0.390 e. The summed E-state index contributed by atoms with van der Waals surface area (Å²) in [6, 6.07) is 12.6. The highest BCUT2D eigenvalue weighted by Gasteiger charge is 2.32. The standard InChI is InChI=1S/C30H40N6O3/c37-28(21-32-13-8-23-4-1-2-5-25(23)19-32)22-36-17-16-35(30(36)39)20-26-6-7-27(18-31-26)33-14-9-24(10-15-33)29(38)34-11-3-12-34/h1-2,4-7,18,24,28,37H,3,8-17,19-22H2. The van der Waals surface area contributed by atoms with Gasteiger partial charge in [0.1, 0.15) is 0 Å². The van der Waals surface area contributed by atoms with Gasteiger partial charge in [0.15, 0.2) is 0 Å². The van der Waals surface area contributed by atoms with Gasteiger partial charge in [-0.25, -0.2) is 4.79 Å². The van der Waals surface area contributed by atoms with Crippen LogP contribution in [0.4, 0.5) is 10.5 Å². The minimum absolute atomic E-state index is 0.0298. The zero-order valence-corrected chi connectivity index (χ0v) is 22.7. The number of rotatable bonds is 8. The molecule has 1 aromatic carbocycles. The molecule has 2 aromatic rings. The van der Waals surface area contributed by atoms with Crippen LogP contribution in [-0.2, 0) is 24.3 Å². The Morgan fingerprint density at radius 3 is 2.41 bits per heavy atom. The summed E-state index contributed by atoms with van der Waals surface area (Å²) in [5.74, 6) is 0.497. The van der Waals surface area contributed by atoms with Crippen molar-refractivity contribution in [1.29, 1.82) is 0 Å². The third-order valence-electron chi connectivity index (χ3n) is 8.83. The van der Waals surface area contributed by atoms with E-state index in [2.05, 4.69) is 45.1 Å². The first kappa shape index (κ1) is 26.1. The van der Waals surface area contributed by atoms with Crippen molar-refractivity contribution in [3.05, 3.63) is 59.4 Å². The Morgan fingerprint density at radius 1 is 0.923 bits per heavy atom. The van der Waals surface area contributed by atoms with Gasteiger partial charge in [0.05, 0.1) is 30.2 Å². The second-order valence-electron chi connectivity index (χ2n) is 11.5. The average Bonchev–Trinajstić information content (AvgIpc) is 3.26. The van der Waals surface area contributed by atoms with E-state index in [-0.39, 0.29) is 11.9 Å². The number of fused-ring (bicyclic) bond motifs is 1. The summed E-state index contributed by atoms with van der Waals surface area (Å²) in [6.45, 7) is 8.06. The van der Waals surface area contributed by atoms with E-state index >= 15 is 0 Å². The monoisotopic (exact) mass is 532 g/mol. The van der Waals surface area contributed by atoms with Crippen molar-refractivity contribution in [3.8, 4) is 0 Å². The predicted octanol–water partition coefficient (Wildman–Crippen LogP) is 2.19. The number of urea groups is 1. The summed E-state index contributed by atoms with van der Waals surface area (Å²) in [6.07, 6.45) is 5.26. The van der Waals surface area contributed by atoms with Crippen molar-refractivity contribution in [1.82, 2.24) is 24.6 Å². The molecule has 6 rings (SSSR count). The number of aliphatic hydroxyl groups is 1. The maximum Gasteiger partial charge on any atom is 0.320 e. The first-order valence-electron chi connectivity index (χ1n) is 14.5. The lowest BCUT2D eigenvalue weighted by Crippen LogP contribution is -2.48. The number of aliphatic hydroxyl groups excluding tert-OH is 1. The predicted molar refractivity (Wildman–Crippen MR) is 149 cm³/mol. The summed E-state index contributed by atoms with van der Waals surface area (Å²) >= 11 is 0. The van der Waals surface area contributed by atoms with Gasteiger partial charge in [-0.15, -0.1) is 0 Å². The van der Waals surface area contributed by atoms with Crippen molar-refractivity contribution >= 4 is 17.6 Å².